The molecule has 1 nitrogen and oxygen atoms in total. The van der Waals surface area contributed by atoms with Crippen LogP contribution in [0.5, 0.6) is 0 Å². The highest BCUT2D eigenvalue weighted by Gasteiger charge is 2.31. The first-order chi connectivity index (χ1) is 10.4. The molecule has 1 aliphatic rings. The molecule has 0 saturated carbocycles. The topological polar surface area (TPSA) is 12.0 Å². The van der Waals surface area contributed by atoms with Gasteiger partial charge in [-0.25, -0.2) is 0 Å². The fourth-order valence-corrected chi connectivity index (χ4v) is 6.24. The number of nitrogens with one attached hydrogen (secondary N) is 1. The fourth-order valence-electron chi connectivity index (χ4n) is 3.37. The Morgan fingerprint density at radius 2 is 1.52 bits per heavy atom. The summed E-state index contributed by atoms with van der Waals surface area (Å²) >= 11 is 0. The summed E-state index contributed by atoms with van der Waals surface area (Å²) in [5.74, 6) is 0.733. The van der Waals surface area contributed by atoms with Crippen LogP contribution < -0.4 is 5.09 Å². The van der Waals surface area contributed by atoms with E-state index in [0.29, 0.717) is 0 Å². The first-order valence-electron chi connectivity index (χ1n) is 7.98. The predicted molar refractivity (Wildman–Crippen MR) is 93.1 cm³/mol. The summed E-state index contributed by atoms with van der Waals surface area (Å²) in [7, 11) is -0.124. The molecule has 3 atom stereocenters. The zero-order valence-electron chi connectivity index (χ0n) is 12.7. The molecule has 0 aromatic heterocycles. The number of hydrogen-bond donors (Lipinski definition) is 1. The van der Waals surface area contributed by atoms with Gasteiger partial charge < -0.3 is 0 Å². The van der Waals surface area contributed by atoms with Crippen LogP contribution in [0.2, 0.25) is 0 Å². The molecule has 0 amide bonds. The summed E-state index contributed by atoms with van der Waals surface area (Å²) < 4.78 is 0. The van der Waals surface area contributed by atoms with Gasteiger partial charge in [0.15, 0.2) is 0 Å². The highest BCUT2D eigenvalue weighted by Crippen LogP contribution is 2.57. The molecule has 1 saturated heterocycles. The Balaban J connectivity index is 1.77. The van der Waals surface area contributed by atoms with Crippen LogP contribution in [0.15, 0.2) is 60.7 Å². The Kier molecular flexibility index (Phi) is 5.06. The highest BCUT2D eigenvalue weighted by molar-refractivity contribution is 7.56. The first-order valence-corrected chi connectivity index (χ1v) is 9.58. The van der Waals surface area contributed by atoms with Crippen LogP contribution in [0.25, 0.3) is 0 Å². The van der Waals surface area contributed by atoms with Gasteiger partial charge in [-0.1, -0.05) is 67.6 Å². The van der Waals surface area contributed by atoms with E-state index in [1.54, 1.807) is 0 Å². The highest BCUT2D eigenvalue weighted by atomic mass is 31.1. The average Bonchev–Trinajstić information content (AvgIpc) is 2.57. The van der Waals surface area contributed by atoms with E-state index >= 15 is 0 Å². The number of benzene rings is 2. The van der Waals surface area contributed by atoms with E-state index in [2.05, 4.69) is 72.7 Å². The Morgan fingerprint density at radius 3 is 2.14 bits per heavy atom. The summed E-state index contributed by atoms with van der Waals surface area (Å²) in [6, 6.07) is 22.2. The van der Waals surface area contributed by atoms with Gasteiger partial charge >= 0.3 is 0 Å². The van der Waals surface area contributed by atoms with Crippen molar-refractivity contribution in [2.45, 2.75) is 31.3 Å². The van der Waals surface area contributed by atoms with Crippen LogP contribution >= 0.6 is 8.07 Å². The second-order valence-corrected chi connectivity index (χ2v) is 8.02. The Morgan fingerprint density at radius 1 is 0.905 bits per heavy atom. The summed E-state index contributed by atoms with van der Waals surface area (Å²) in [5, 5.41) is 3.80. The van der Waals surface area contributed by atoms with Gasteiger partial charge in [-0.2, -0.15) is 0 Å². The van der Waals surface area contributed by atoms with Crippen molar-refractivity contribution in [2.24, 2.45) is 0 Å². The van der Waals surface area contributed by atoms with Crippen LogP contribution in [0.4, 0.5) is 0 Å². The maximum atomic E-state index is 3.80. The molecule has 1 N–H and O–H groups in total. The van der Waals surface area contributed by atoms with Crippen molar-refractivity contribution in [2.75, 3.05) is 12.7 Å². The lowest BCUT2D eigenvalue weighted by atomic mass is 9.93. The van der Waals surface area contributed by atoms with Gasteiger partial charge in [0.2, 0.25) is 0 Å². The van der Waals surface area contributed by atoms with Gasteiger partial charge in [-0.15, -0.1) is 0 Å². The Hall–Kier alpha value is -1.17. The molecule has 3 rings (SSSR count). The van der Waals surface area contributed by atoms with Crippen molar-refractivity contribution in [1.29, 1.82) is 0 Å². The monoisotopic (exact) mass is 297 g/mol. The molecule has 1 fully saturated rings. The molecular weight excluding hydrogens is 273 g/mol. The summed E-state index contributed by atoms with van der Waals surface area (Å²) in [5.41, 5.74) is 3.77. The van der Waals surface area contributed by atoms with Crippen LogP contribution in [0.3, 0.4) is 0 Å². The van der Waals surface area contributed by atoms with E-state index < -0.39 is 0 Å². The molecule has 0 spiro atoms. The minimum absolute atomic E-state index is 0.124. The van der Waals surface area contributed by atoms with Gasteiger partial charge in [0.25, 0.3) is 0 Å². The molecule has 0 bridgehead atoms. The number of rotatable bonds is 4. The van der Waals surface area contributed by atoms with Crippen molar-refractivity contribution >= 4 is 8.07 Å². The molecule has 1 aliphatic heterocycles. The maximum absolute atomic E-state index is 3.80. The van der Waals surface area contributed by atoms with E-state index in [0.717, 1.165) is 18.1 Å². The van der Waals surface area contributed by atoms with E-state index in [4.69, 9.17) is 0 Å². The second-order valence-electron chi connectivity index (χ2n) is 5.78. The maximum Gasteiger partial charge on any atom is 0.0173 e. The standard InChI is InChI=1S/C19H24NP/c1-2-20-21-15-18(16-9-5-3-6-10-16)13-14-19(21)17-11-7-4-8-12-17/h3-12,18-20H,2,13-15H2,1H3. The lowest BCUT2D eigenvalue weighted by Crippen LogP contribution is -2.22. The predicted octanol–water partition coefficient (Wildman–Crippen LogP) is 5.31. The molecule has 0 radical (unpaired) electrons. The molecular formula is C19H24NP. The molecule has 1 heterocycles. The third-order valence-electron chi connectivity index (χ3n) is 4.40. The van der Waals surface area contributed by atoms with Gasteiger partial charge in [-0.3, -0.25) is 5.09 Å². The normalized spacial score (nSPS) is 25.7. The van der Waals surface area contributed by atoms with Crippen molar-refractivity contribution in [1.82, 2.24) is 5.09 Å². The lowest BCUT2D eigenvalue weighted by Gasteiger charge is -2.37. The van der Waals surface area contributed by atoms with Gasteiger partial charge in [0, 0.05) is 5.66 Å². The second kappa shape index (κ2) is 7.20. The summed E-state index contributed by atoms with van der Waals surface area (Å²) in [6.45, 7) is 3.31. The quantitative estimate of drug-likeness (QED) is 0.754. The van der Waals surface area contributed by atoms with Gasteiger partial charge in [-0.05, 0) is 50.7 Å². The van der Waals surface area contributed by atoms with Crippen molar-refractivity contribution < 1.29 is 0 Å². The van der Waals surface area contributed by atoms with Crippen molar-refractivity contribution in [3.63, 3.8) is 0 Å². The average molecular weight is 297 g/mol. The van der Waals surface area contributed by atoms with E-state index in [-0.39, 0.29) is 8.07 Å². The smallest absolute Gasteiger partial charge is 0.0173 e. The SMILES string of the molecule is CCNP1CC(c2ccccc2)CCC1c1ccccc1. The molecule has 110 valence electrons. The van der Waals surface area contributed by atoms with Crippen LogP contribution in [-0.4, -0.2) is 12.7 Å². The summed E-state index contributed by atoms with van der Waals surface area (Å²) in [4.78, 5) is 0. The molecule has 2 heteroatoms. The first kappa shape index (κ1) is 14.8. The summed E-state index contributed by atoms with van der Waals surface area (Å²) in [6.07, 6.45) is 3.93. The Bertz CT molecular complexity index is 540. The Labute approximate surface area is 129 Å². The van der Waals surface area contributed by atoms with Crippen LogP contribution in [-0.2, 0) is 0 Å². The van der Waals surface area contributed by atoms with E-state index in [1.807, 2.05) is 0 Å². The fraction of sp³-hybridized carbons (Fsp3) is 0.368. The third kappa shape index (κ3) is 3.54. The van der Waals surface area contributed by atoms with E-state index in [9.17, 15) is 0 Å². The number of hydrogen-bond acceptors (Lipinski definition) is 1. The molecule has 2 aromatic carbocycles. The van der Waals surface area contributed by atoms with E-state index in [1.165, 1.54) is 30.1 Å². The van der Waals surface area contributed by atoms with Crippen LogP contribution in [0, 0.1) is 0 Å². The van der Waals surface area contributed by atoms with Gasteiger partial charge in [0.05, 0.1) is 0 Å². The zero-order valence-corrected chi connectivity index (χ0v) is 13.6. The third-order valence-corrected chi connectivity index (χ3v) is 7.26. The van der Waals surface area contributed by atoms with Crippen LogP contribution in [0.1, 0.15) is 42.5 Å². The molecule has 2 aromatic rings. The van der Waals surface area contributed by atoms with Crippen molar-refractivity contribution in [3.05, 3.63) is 71.8 Å². The van der Waals surface area contributed by atoms with Crippen molar-refractivity contribution in [3.8, 4) is 0 Å². The lowest BCUT2D eigenvalue weighted by molar-refractivity contribution is 0.592. The molecule has 3 unspecified atom stereocenters. The molecule has 21 heavy (non-hydrogen) atoms. The minimum atomic E-state index is -0.124. The minimum Gasteiger partial charge on any atom is -0.295 e. The van der Waals surface area contributed by atoms with Gasteiger partial charge in [0.1, 0.15) is 0 Å². The molecule has 0 aliphatic carbocycles. The largest absolute Gasteiger partial charge is 0.295 e. The zero-order chi connectivity index (χ0) is 14.5.